The highest BCUT2D eigenvalue weighted by atomic mass is 32.2. The maximum atomic E-state index is 12.4. The number of nitrogens with zero attached hydrogens (tertiary/aromatic N) is 2. The van der Waals surface area contributed by atoms with E-state index in [9.17, 15) is 8.42 Å². The predicted octanol–water partition coefficient (Wildman–Crippen LogP) is 2.51. The minimum absolute atomic E-state index is 0.0254. The van der Waals surface area contributed by atoms with E-state index in [4.69, 9.17) is 5.26 Å². The third kappa shape index (κ3) is 3.59. The van der Waals surface area contributed by atoms with Gasteiger partial charge in [0.15, 0.2) is 0 Å². The summed E-state index contributed by atoms with van der Waals surface area (Å²) >= 11 is 0. The van der Waals surface area contributed by atoms with Gasteiger partial charge in [-0.2, -0.15) is 5.26 Å². The van der Waals surface area contributed by atoms with Crippen molar-refractivity contribution >= 4 is 10.0 Å². The molecule has 5 heteroatoms. The highest BCUT2D eigenvalue weighted by molar-refractivity contribution is 7.88. The van der Waals surface area contributed by atoms with Crippen LogP contribution in [0.5, 0.6) is 0 Å². The Morgan fingerprint density at radius 1 is 1.35 bits per heavy atom. The molecule has 108 valence electrons. The Labute approximate surface area is 121 Å². The maximum absolute atomic E-state index is 12.4. The van der Waals surface area contributed by atoms with E-state index in [0.717, 1.165) is 24.8 Å². The third-order valence-electron chi connectivity index (χ3n) is 3.77. The number of nitriles is 1. The van der Waals surface area contributed by atoms with Gasteiger partial charge in [-0.1, -0.05) is 25.5 Å². The molecule has 1 unspecified atom stereocenters. The molecule has 1 aromatic carbocycles. The lowest BCUT2D eigenvalue weighted by Crippen LogP contribution is -2.30. The average molecular weight is 292 g/mol. The Hall–Kier alpha value is -1.38. The van der Waals surface area contributed by atoms with Crippen molar-refractivity contribution < 1.29 is 8.42 Å². The lowest BCUT2D eigenvalue weighted by atomic mass is 10.0. The summed E-state index contributed by atoms with van der Waals surface area (Å²) in [5.41, 5.74) is 1.29. The largest absolute Gasteiger partial charge is 0.218 e. The monoisotopic (exact) mass is 292 g/mol. The number of hydrogen-bond donors (Lipinski definition) is 0. The number of rotatable bonds is 5. The molecule has 1 aromatic rings. The van der Waals surface area contributed by atoms with Crippen LogP contribution in [0.3, 0.4) is 0 Å². The lowest BCUT2D eigenvalue weighted by Gasteiger charge is -2.16. The Kier molecular flexibility index (Phi) is 4.79. The van der Waals surface area contributed by atoms with Gasteiger partial charge in [0.25, 0.3) is 0 Å². The van der Waals surface area contributed by atoms with E-state index in [1.807, 2.05) is 6.07 Å². The number of benzene rings is 1. The quantitative estimate of drug-likeness (QED) is 0.837. The molecule has 0 bridgehead atoms. The highest BCUT2D eigenvalue weighted by Crippen LogP contribution is 2.24. The van der Waals surface area contributed by atoms with Crippen molar-refractivity contribution in [2.75, 3.05) is 13.1 Å². The minimum atomic E-state index is -3.23. The second-order valence-electron chi connectivity index (χ2n) is 5.37. The Morgan fingerprint density at radius 3 is 2.65 bits per heavy atom. The third-order valence-corrected chi connectivity index (χ3v) is 5.59. The van der Waals surface area contributed by atoms with Gasteiger partial charge < -0.3 is 0 Å². The molecule has 0 aromatic heterocycles. The Balaban J connectivity index is 2.02. The molecular formula is C15H20N2O2S. The zero-order valence-corrected chi connectivity index (χ0v) is 12.6. The van der Waals surface area contributed by atoms with Crippen LogP contribution >= 0.6 is 0 Å². The summed E-state index contributed by atoms with van der Waals surface area (Å²) < 4.78 is 26.4. The average Bonchev–Trinajstić information content (AvgIpc) is 2.89. The summed E-state index contributed by atoms with van der Waals surface area (Å²) in [4.78, 5) is 0. The van der Waals surface area contributed by atoms with Gasteiger partial charge in [-0.15, -0.1) is 0 Å². The van der Waals surface area contributed by atoms with Crippen molar-refractivity contribution in [1.29, 1.82) is 5.26 Å². The van der Waals surface area contributed by atoms with Crippen molar-refractivity contribution in [3.05, 3.63) is 35.4 Å². The molecule has 0 radical (unpaired) electrons. The van der Waals surface area contributed by atoms with Gasteiger partial charge in [0.2, 0.25) is 10.0 Å². The van der Waals surface area contributed by atoms with E-state index < -0.39 is 10.0 Å². The summed E-state index contributed by atoms with van der Waals surface area (Å²) in [5.74, 6) is 0.535. The highest BCUT2D eigenvalue weighted by Gasteiger charge is 2.30. The second-order valence-corrected chi connectivity index (χ2v) is 7.34. The first-order valence-corrected chi connectivity index (χ1v) is 8.63. The first-order chi connectivity index (χ1) is 9.55. The molecule has 1 aliphatic heterocycles. The molecule has 20 heavy (non-hydrogen) atoms. The summed E-state index contributed by atoms with van der Waals surface area (Å²) in [6, 6.07) is 8.79. The molecule has 1 saturated heterocycles. The molecule has 1 fully saturated rings. The molecule has 0 spiro atoms. The minimum Gasteiger partial charge on any atom is -0.212 e. The fraction of sp³-hybridized carbons (Fsp3) is 0.533. The predicted molar refractivity (Wildman–Crippen MR) is 78.4 cm³/mol. The molecule has 0 N–H and O–H groups in total. The van der Waals surface area contributed by atoms with E-state index in [2.05, 4.69) is 6.92 Å². The van der Waals surface area contributed by atoms with Crippen molar-refractivity contribution in [2.24, 2.45) is 5.92 Å². The van der Waals surface area contributed by atoms with Crippen LogP contribution in [-0.2, 0) is 15.8 Å². The molecule has 0 amide bonds. The van der Waals surface area contributed by atoms with Crippen LogP contribution in [0.2, 0.25) is 0 Å². The molecule has 0 saturated carbocycles. The number of sulfonamides is 1. The lowest BCUT2D eigenvalue weighted by molar-refractivity contribution is 0.444. The van der Waals surface area contributed by atoms with Crippen molar-refractivity contribution in [2.45, 2.75) is 31.9 Å². The molecule has 0 aliphatic carbocycles. The van der Waals surface area contributed by atoms with Crippen LogP contribution in [-0.4, -0.2) is 25.8 Å². The van der Waals surface area contributed by atoms with Crippen molar-refractivity contribution in [1.82, 2.24) is 4.31 Å². The summed E-state index contributed by atoms with van der Waals surface area (Å²) in [6.07, 6.45) is 3.18. The van der Waals surface area contributed by atoms with E-state index in [-0.39, 0.29) is 5.75 Å². The fourth-order valence-corrected chi connectivity index (χ4v) is 4.29. The van der Waals surface area contributed by atoms with Gasteiger partial charge in [-0.3, -0.25) is 0 Å². The van der Waals surface area contributed by atoms with E-state index in [1.165, 1.54) is 0 Å². The van der Waals surface area contributed by atoms with Gasteiger partial charge in [-0.25, -0.2) is 12.7 Å². The number of hydrogen-bond acceptors (Lipinski definition) is 3. The maximum Gasteiger partial charge on any atom is 0.218 e. The van der Waals surface area contributed by atoms with Crippen LogP contribution < -0.4 is 0 Å². The normalized spacial score (nSPS) is 19.9. The summed E-state index contributed by atoms with van der Waals surface area (Å²) in [7, 11) is -3.23. The van der Waals surface area contributed by atoms with Gasteiger partial charge in [0, 0.05) is 13.1 Å². The van der Waals surface area contributed by atoms with Crippen LogP contribution in [0.1, 0.15) is 37.3 Å². The molecular weight excluding hydrogens is 272 g/mol. The second kappa shape index (κ2) is 6.38. The molecule has 1 heterocycles. The Bertz CT molecular complexity index is 587. The molecule has 2 rings (SSSR count). The van der Waals surface area contributed by atoms with Crippen LogP contribution in [0.4, 0.5) is 0 Å². The summed E-state index contributed by atoms with van der Waals surface area (Å²) in [6.45, 7) is 3.43. The summed E-state index contributed by atoms with van der Waals surface area (Å²) in [5, 5.41) is 8.74. The van der Waals surface area contributed by atoms with Gasteiger partial charge in [0.05, 0.1) is 17.4 Å². The Morgan fingerprint density at radius 2 is 2.05 bits per heavy atom. The SMILES string of the molecule is CCCC1CCN(S(=O)(=O)Cc2ccc(C#N)cc2)C1. The standard InChI is InChI=1S/C15H20N2O2S/c1-2-3-14-8-9-17(11-14)20(18,19)12-15-6-4-13(10-16)5-7-15/h4-7,14H,2-3,8-9,11-12H2,1H3. The first kappa shape index (κ1) is 15.0. The molecule has 4 nitrogen and oxygen atoms in total. The van der Waals surface area contributed by atoms with Crippen molar-refractivity contribution in [3.8, 4) is 6.07 Å². The fourth-order valence-electron chi connectivity index (χ4n) is 2.67. The van der Waals surface area contributed by atoms with E-state index >= 15 is 0 Å². The molecule has 1 atom stereocenters. The van der Waals surface area contributed by atoms with Crippen LogP contribution in [0.15, 0.2) is 24.3 Å². The van der Waals surface area contributed by atoms with Crippen molar-refractivity contribution in [3.63, 3.8) is 0 Å². The van der Waals surface area contributed by atoms with E-state index in [0.29, 0.717) is 24.6 Å². The van der Waals surface area contributed by atoms with Crippen LogP contribution in [0.25, 0.3) is 0 Å². The van der Waals surface area contributed by atoms with Crippen LogP contribution in [0, 0.1) is 17.2 Å². The first-order valence-electron chi connectivity index (χ1n) is 7.02. The van der Waals surface area contributed by atoms with Gasteiger partial charge in [-0.05, 0) is 36.5 Å². The topological polar surface area (TPSA) is 61.2 Å². The zero-order valence-electron chi connectivity index (χ0n) is 11.7. The van der Waals surface area contributed by atoms with Gasteiger partial charge in [0.1, 0.15) is 0 Å². The van der Waals surface area contributed by atoms with E-state index in [1.54, 1.807) is 28.6 Å². The smallest absolute Gasteiger partial charge is 0.212 e. The van der Waals surface area contributed by atoms with Gasteiger partial charge >= 0.3 is 0 Å². The molecule has 1 aliphatic rings. The zero-order chi connectivity index (χ0) is 14.6.